The quantitative estimate of drug-likeness (QED) is 0.162. The molecule has 63 heavy (non-hydrogen) atoms. The molecule has 0 bridgehead atoms. The Hall–Kier alpha value is -5.57. The van der Waals surface area contributed by atoms with Gasteiger partial charge in [-0.15, -0.1) is 29.3 Å². The van der Waals surface area contributed by atoms with Crippen molar-refractivity contribution in [2.24, 2.45) is 0 Å². The molecule has 0 radical (unpaired) electrons. The van der Waals surface area contributed by atoms with Gasteiger partial charge in [0.2, 0.25) is 0 Å². The number of aromatic hydroxyl groups is 1. The second kappa shape index (κ2) is 17.2. The number of benzene rings is 6. The molecule has 8 rings (SSSR count). The molecule has 0 amide bonds. The number of hydrogen-bond acceptors (Lipinski definition) is 3. The first-order valence-corrected chi connectivity index (χ1v) is 20.5. The Bertz CT molecular complexity index is 3680. The molecule has 0 fully saturated rings. The normalized spacial score (nSPS) is 16.9. The maximum Gasteiger partial charge on any atom is 0.148 e. The van der Waals surface area contributed by atoms with Crippen molar-refractivity contribution in [1.82, 2.24) is 14.5 Å². The molecule has 1 N–H and O–H groups in total. The van der Waals surface area contributed by atoms with E-state index in [-0.39, 0.29) is 38.1 Å². The third kappa shape index (κ3) is 9.11. The zero-order chi connectivity index (χ0) is 58.8. The van der Waals surface area contributed by atoms with Crippen molar-refractivity contribution in [2.45, 2.75) is 105 Å². The maximum absolute atomic E-state index is 12.3. The number of hydrogen-bond donors (Lipinski definition) is 1. The third-order valence-corrected chi connectivity index (χ3v) is 11.0. The number of phenolic OH excluding ortho intramolecular Hbond substituents is 1. The fourth-order valence-corrected chi connectivity index (χ4v) is 7.62. The number of para-hydroxylation sites is 1. The molecule has 0 aliphatic rings. The molecule has 324 valence electrons. The third-order valence-electron chi connectivity index (χ3n) is 11.0. The van der Waals surface area contributed by atoms with E-state index in [9.17, 15) is 6.48 Å². The zero-order valence-electron chi connectivity index (χ0n) is 53.8. The summed E-state index contributed by atoms with van der Waals surface area (Å²) in [5.41, 5.74) is -0.0194. The van der Waals surface area contributed by atoms with Gasteiger partial charge in [-0.2, -0.15) is 0 Å². The molecular formula is C58H60N3OPt-. The van der Waals surface area contributed by atoms with Gasteiger partial charge in [-0.1, -0.05) is 172 Å². The van der Waals surface area contributed by atoms with Crippen LogP contribution in [0.5, 0.6) is 5.75 Å². The van der Waals surface area contributed by atoms with Crippen molar-refractivity contribution in [3.8, 4) is 67.5 Å². The Labute approximate surface area is 413 Å². The number of aromatic nitrogens is 3. The van der Waals surface area contributed by atoms with Gasteiger partial charge in [-0.25, -0.2) is 4.98 Å². The molecule has 6 aromatic carbocycles. The molecule has 0 unspecified atom stereocenters. The summed E-state index contributed by atoms with van der Waals surface area (Å²) in [4.78, 5) is 9.79. The van der Waals surface area contributed by atoms with Crippen molar-refractivity contribution in [3.63, 3.8) is 0 Å². The first kappa shape index (κ1) is 28.3. The van der Waals surface area contributed by atoms with Gasteiger partial charge in [0.15, 0.2) is 0 Å². The van der Waals surface area contributed by atoms with Crippen molar-refractivity contribution >= 4 is 11.0 Å². The Morgan fingerprint density at radius 3 is 2.08 bits per heavy atom. The fraction of sp³-hybridized carbons (Fsp3) is 0.276. The van der Waals surface area contributed by atoms with Crippen LogP contribution in [0, 0.1) is 13.0 Å². The summed E-state index contributed by atoms with van der Waals surface area (Å²) in [5, 5.41) is 12.3. The van der Waals surface area contributed by atoms with E-state index in [0.717, 1.165) is 22.3 Å². The molecule has 2 aromatic heterocycles. The predicted molar refractivity (Wildman–Crippen MR) is 261 cm³/mol. The van der Waals surface area contributed by atoms with E-state index in [4.69, 9.17) is 26.9 Å². The second-order valence-electron chi connectivity index (χ2n) is 18.1. The van der Waals surface area contributed by atoms with Crippen molar-refractivity contribution < 1.29 is 49.5 Å². The number of rotatable bonds is 7. The molecule has 0 atom stereocenters. The number of imidazole rings is 1. The minimum Gasteiger partial charge on any atom is -0.507 e. The van der Waals surface area contributed by atoms with Gasteiger partial charge in [0.25, 0.3) is 0 Å². The minimum atomic E-state index is -3.93. The minimum absolute atomic E-state index is 0. The van der Waals surface area contributed by atoms with E-state index in [1.807, 2.05) is 152 Å². The zero-order valence-corrected chi connectivity index (χ0v) is 39.0. The molecule has 0 saturated carbocycles. The van der Waals surface area contributed by atoms with Crippen LogP contribution in [0.4, 0.5) is 0 Å². The van der Waals surface area contributed by atoms with E-state index >= 15 is 0 Å². The van der Waals surface area contributed by atoms with Gasteiger partial charge in [0, 0.05) is 57.8 Å². The Balaban J connectivity index is 0.00000924. The average molecular weight is 1030 g/mol. The van der Waals surface area contributed by atoms with Gasteiger partial charge >= 0.3 is 0 Å². The molecule has 0 aliphatic heterocycles. The summed E-state index contributed by atoms with van der Waals surface area (Å²) >= 11 is 0. The average Bonchev–Trinajstić information content (AvgIpc) is 3.73. The number of nitrogens with zero attached hydrogens (tertiary/aromatic N) is 3. The van der Waals surface area contributed by atoms with Crippen molar-refractivity contribution in [1.29, 1.82) is 0 Å². The SMILES string of the molecule is [2H]c1nc(-c2[c-]c(-c3cccc4c3nc(-c3cc(C)cc(C(C)(C)C)c3O)n4-c3ccc(C([2H])(C)C)cc3-c3ccccc3)cc(C(C)(C)C)c2)c([2H])c(-c2c([2H])c([2H])c(C(C([2H])([2H])[2H])(C([2H])([2H])[2H])C([2H])([2H])[2H])c([2H])c2[2H])c1[2H].[Pt]. The molecule has 0 saturated heterocycles. The van der Waals surface area contributed by atoms with Gasteiger partial charge in [-0.05, 0) is 92.8 Å². The molecule has 5 heteroatoms. The first-order valence-electron chi connectivity index (χ1n) is 29.0. The van der Waals surface area contributed by atoms with E-state index < -0.39 is 102 Å². The van der Waals surface area contributed by atoms with Crippen LogP contribution in [0.25, 0.3) is 72.7 Å². The van der Waals surface area contributed by atoms with E-state index in [2.05, 4.69) is 11.1 Å². The Morgan fingerprint density at radius 2 is 1.41 bits per heavy atom. The number of fused-ring (bicyclic) bond motifs is 1. The van der Waals surface area contributed by atoms with Crippen LogP contribution < -0.4 is 0 Å². The molecular weight excluding hydrogens is 950 g/mol. The summed E-state index contributed by atoms with van der Waals surface area (Å²) in [6.45, 7) is 5.72. The molecule has 4 nitrogen and oxygen atoms in total. The van der Waals surface area contributed by atoms with Crippen LogP contribution in [-0.4, -0.2) is 19.6 Å². The van der Waals surface area contributed by atoms with Crippen LogP contribution in [-0.2, 0) is 37.3 Å². The van der Waals surface area contributed by atoms with Crippen LogP contribution in [0.3, 0.4) is 0 Å². The van der Waals surface area contributed by atoms with Crippen molar-refractivity contribution in [3.05, 3.63) is 167 Å². The Kier molecular flexibility index (Phi) is 7.71. The van der Waals surface area contributed by atoms with Gasteiger partial charge in [0.1, 0.15) is 11.6 Å². The van der Waals surface area contributed by atoms with Crippen LogP contribution in [0.1, 0.15) is 133 Å². The van der Waals surface area contributed by atoms with E-state index in [1.165, 1.54) is 0 Å². The van der Waals surface area contributed by atoms with E-state index in [1.54, 1.807) is 6.07 Å². The monoisotopic (exact) mass is 1030 g/mol. The molecule has 0 spiro atoms. The smallest absolute Gasteiger partial charge is 0.148 e. The predicted octanol–water partition coefficient (Wildman–Crippen LogP) is 15.6. The second-order valence-corrected chi connectivity index (χ2v) is 18.1. The number of aryl methyl sites for hydroxylation is 1. The van der Waals surface area contributed by atoms with Gasteiger partial charge in [-0.3, -0.25) is 9.55 Å². The molecule has 0 aliphatic carbocycles. The summed E-state index contributed by atoms with van der Waals surface area (Å²) in [5.74, 6) is -0.515. The van der Waals surface area contributed by atoms with Gasteiger partial charge < -0.3 is 5.11 Å². The fourth-order valence-electron chi connectivity index (χ4n) is 7.62. The molecule has 2 heterocycles. The van der Waals surface area contributed by atoms with Gasteiger partial charge in [0.05, 0.1) is 31.9 Å². The van der Waals surface area contributed by atoms with Crippen LogP contribution in [0.2, 0.25) is 0 Å². The molecule has 8 aromatic rings. The maximum atomic E-state index is 12.3. The summed E-state index contributed by atoms with van der Waals surface area (Å²) in [6.07, 6.45) is -0.757. The van der Waals surface area contributed by atoms with Crippen molar-refractivity contribution in [2.75, 3.05) is 0 Å². The summed E-state index contributed by atoms with van der Waals surface area (Å²) < 4.78 is 149. The summed E-state index contributed by atoms with van der Waals surface area (Å²) in [7, 11) is 0. The number of pyridine rings is 1. The summed E-state index contributed by atoms with van der Waals surface area (Å²) in [6, 6.07) is 25.7. The largest absolute Gasteiger partial charge is 0.507 e. The van der Waals surface area contributed by atoms with Crippen LogP contribution in [0.15, 0.2) is 133 Å². The number of phenols is 1. The Morgan fingerprint density at radius 1 is 0.698 bits per heavy atom. The van der Waals surface area contributed by atoms with Crippen LogP contribution >= 0.6 is 0 Å². The van der Waals surface area contributed by atoms with E-state index in [0.29, 0.717) is 50.4 Å². The first-order chi connectivity index (χ1) is 36.2. The standard InChI is InChI=1S/C58H60N3O.Pt/c1-36(2)40-23-26-51(47(34-40)39-17-14-13-15-18-39)61-52-20-16-19-46(53(52)60-55(61)48-29-37(3)30-49(54(48)62)58(10,11)12)42-31-43(33-45(32-42)57(7,8)9)50-35-41(27-28-59-50)38-21-24-44(25-22-38)56(4,5)6;/h13-30,32-36,62H,1-12H3;/q-1;/i4D3,5D3,6D3,21D,22D,24D,25D,27D,28D,35D,36D;. The topological polar surface area (TPSA) is 50.9 Å².